The third-order valence-corrected chi connectivity index (χ3v) is 2.43. The molecule has 0 spiro atoms. The maximum atomic E-state index is 5.46. The van der Waals surface area contributed by atoms with Crippen LogP contribution in [0, 0.1) is 13.8 Å². The van der Waals surface area contributed by atoms with Gasteiger partial charge in [-0.25, -0.2) is 4.98 Å². The first-order valence-corrected chi connectivity index (χ1v) is 5.40. The summed E-state index contributed by atoms with van der Waals surface area (Å²) in [5, 5.41) is 3.32. The van der Waals surface area contributed by atoms with Gasteiger partial charge in [-0.05, 0) is 40.2 Å². The summed E-state index contributed by atoms with van der Waals surface area (Å²) in [5.74, 6) is 0.850. The Hall–Kier alpha value is -1.16. The number of rotatable bonds is 5. The van der Waals surface area contributed by atoms with Crippen molar-refractivity contribution in [2.45, 2.75) is 39.7 Å². The summed E-state index contributed by atoms with van der Waals surface area (Å²) in [7, 11) is 0. The SMILES string of the molecule is Cc1ncc(NC(C)CCCN)nc1C. The molecule has 0 aromatic carbocycles. The van der Waals surface area contributed by atoms with E-state index < -0.39 is 0 Å². The van der Waals surface area contributed by atoms with Gasteiger partial charge in [-0.1, -0.05) is 0 Å². The van der Waals surface area contributed by atoms with Crippen LogP contribution in [0.3, 0.4) is 0 Å². The topological polar surface area (TPSA) is 63.8 Å². The lowest BCUT2D eigenvalue weighted by Gasteiger charge is -2.14. The summed E-state index contributed by atoms with van der Waals surface area (Å²) >= 11 is 0. The number of nitrogens with two attached hydrogens (primary N) is 1. The molecule has 1 rings (SSSR count). The number of anilines is 1. The molecule has 15 heavy (non-hydrogen) atoms. The van der Waals surface area contributed by atoms with E-state index in [1.54, 1.807) is 6.20 Å². The van der Waals surface area contributed by atoms with Crippen LogP contribution in [0.25, 0.3) is 0 Å². The summed E-state index contributed by atoms with van der Waals surface area (Å²) in [5.41, 5.74) is 7.42. The zero-order valence-electron chi connectivity index (χ0n) is 9.75. The van der Waals surface area contributed by atoms with E-state index in [4.69, 9.17) is 5.73 Å². The van der Waals surface area contributed by atoms with Crippen molar-refractivity contribution < 1.29 is 0 Å². The molecule has 0 saturated heterocycles. The molecule has 1 atom stereocenters. The molecule has 0 aliphatic rings. The minimum Gasteiger partial charge on any atom is -0.366 e. The Morgan fingerprint density at radius 2 is 2.13 bits per heavy atom. The highest BCUT2D eigenvalue weighted by atomic mass is 15.0. The van der Waals surface area contributed by atoms with Crippen LogP contribution in [0.1, 0.15) is 31.2 Å². The Morgan fingerprint density at radius 3 is 2.73 bits per heavy atom. The monoisotopic (exact) mass is 208 g/mol. The van der Waals surface area contributed by atoms with Crippen LogP contribution in [0.4, 0.5) is 5.82 Å². The fraction of sp³-hybridized carbons (Fsp3) is 0.636. The second-order valence-corrected chi connectivity index (χ2v) is 3.90. The van der Waals surface area contributed by atoms with Crippen molar-refractivity contribution in [2.24, 2.45) is 5.73 Å². The molecule has 0 radical (unpaired) electrons. The van der Waals surface area contributed by atoms with Crippen molar-refractivity contribution in [1.29, 1.82) is 0 Å². The summed E-state index contributed by atoms with van der Waals surface area (Å²) in [6.07, 6.45) is 3.87. The summed E-state index contributed by atoms with van der Waals surface area (Å²) in [4.78, 5) is 8.68. The third kappa shape index (κ3) is 3.83. The van der Waals surface area contributed by atoms with Gasteiger partial charge in [0.15, 0.2) is 0 Å². The van der Waals surface area contributed by atoms with Gasteiger partial charge in [-0.15, -0.1) is 0 Å². The first-order valence-electron chi connectivity index (χ1n) is 5.40. The second-order valence-electron chi connectivity index (χ2n) is 3.90. The maximum Gasteiger partial charge on any atom is 0.145 e. The quantitative estimate of drug-likeness (QED) is 0.772. The van der Waals surface area contributed by atoms with Gasteiger partial charge in [-0.3, -0.25) is 4.98 Å². The number of aromatic nitrogens is 2. The first-order chi connectivity index (χ1) is 7.13. The van der Waals surface area contributed by atoms with Gasteiger partial charge in [0.25, 0.3) is 0 Å². The zero-order chi connectivity index (χ0) is 11.3. The van der Waals surface area contributed by atoms with Crippen LogP contribution >= 0.6 is 0 Å². The van der Waals surface area contributed by atoms with Crippen LogP contribution in [-0.4, -0.2) is 22.6 Å². The minimum absolute atomic E-state index is 0.393. The standard InChI is InChI=1S/C11H20N4/c1-8(5-4-6-12)14-11-7-13-9(2)10(3)15-11/h7-8H,4-6,12H2,1-3H3,(H,14,15). The molecule has 0 saturated carbocycles. The van der Waals surface area contributed by atoms with Gasteiger partial charge >= 0.3 is 0 Å². The molecule has 4 heteroatoms. The highest BCUT2D eigenvalue weighted by Crippen LogP contribution is 2.08. The molecule has 84 valence electrons. The average molecular weight is 208 g/mol. The molecule has 0 fully saturated rings. The van der Waals surface area contributed by atoms with Crippen molar-refractivity contribution in [3.8, 4) is 0 Å². The molecule has 1 unspecified atom stereocenters. The molecule has 1 aromatic heterocycles. The first kappa shape index (κ1) is 11.9. The smallest absolute Gasteiger partial charge is 0.145 e. The lowest BCUT2D eigenvalue weighted by atomic mass is 10.2. The Balaban J connectivity index is 2.53. The summed E-state index contributed by atoms with van der Waals surface area (Å²) < 4.78 is 0. The van der Waals surface area contributed by atoms with Gasteiger partial charge in [-0.2, -0.15) is 0 Å². The second kappa shape index (κ2) is 5.66. The van der Waals surface area contributed by atoms with E-state index in [1.165, 1.54) is 0 Å². The Labute approximate surface area is 91.3 Å². The zero-order valence-corrected chi connectivity index (χ0v) is 9.75. The van der Waals surface area contributed by atoms with Crippen LogP contribution in [0.2, 0.25) is 0 Å². The van der Waals surface area contributed by atoms with E-state index in [0.29, 0.717) is 6.04 Å². The molecular formula is C11H20N4. The third-order valence-electron chi connectivity index (χ3n) is 2.43. The average Bonchev–Trinajstić information content (AvgIpc) is 2.20. The van der Waals surface area contributed by atoms with E-state index >= 15 is 0 Å². The summed E-state index contributed by atoms with van der Waals surface area (Å²) in [6, 6.07) is 0.393. The summed E-state index contributed by atoms with van der Waals surface area (Å²) in [6.45, 7) is 6.80. The predicted molar refractivity (Wildman–Crippen MR) is 62.9 cm³/mol. The highest BCUT2D eigenvalue weighted by molar-refractivity contribution is 5.34. The van der Waals surface area contributed by atoms with Gasteiger partial charge < -0.3 is 11.1 Å². The number of hydrogen-bond donors (Lipinski definition) is 2. The molecule has 0 bridgehead atoms. The molecular weight excluding hydrogens is 188 g/mol. The van der Waals surface area contributed by atoms with E-state index in [9.17, 15) is 0 Å². The number of aryl methyl sites for hydroxylation is 2. The fourth-order valence-electron chi connectivity index (χ4n) is 1.36. The van der Waals surface area contributed by atoms with E-state index in [2.05, 4.69) is 22.2 Å². The minimum atomic E-state index is 0.393. The maximum absolute atomic E-state index is 5.46. The van der Waals surface area contributed by atoms with Crippen LogP contribution in [-0.2, 0) is 0 Å². The van der Waals surface area contributed by atoms with Crippen molar-refractivity contribution in [3.63, 3.8) is 0 Å². The number of hydrogen-bond acceptors (Lipinski definition) is 4. The Bertz CT molecular complexity index is 311. The normalized spacial score (nSPS) is 12.5. The van der Waals surface area contributed by atoms with Crippen LogP contribution < -0.4 is 11.1 Å². The largest absolute Gasteiger partial charge is 0.366 e. The van der Waals surface area contributed by atoms with E-state index in [-0.39, 0.29) is 0 Å². The van der Waals surface area contributed by atoms with E-state index in [1.807, 2.05) is 13.8 Å². The molecule has 0 aliphatic heterocycles. The van der Waals surface area contributed by atoms with E-state index in [0.717, 1.165) is 36.6 Å². The molecule has 3 N–H and O–H groups in total. The fourth-order valence-corrected chi connectivity index (χ4v) is 1.36. The Morgan fingerprint density at radius 1 is 1.40 bits per heavy atom. The highest BCUT2D eigenvalue weighted by Gasteiger charge is 2.03. The van der Waals surface area contributed by atoms with Crippen molar-refractivity contribution >= 4 is 5.82 Å². The molecule has 4 nitrogen and oxygen atoms in total. The molecule has 1 heterocycles. The van der Waals surface area contributed by atoms with Gasteiger partial charge in [0.1, 0.15) is 5.82 Å². The number of nitrogens with one attached hydrogen (secondary N) is 1. The van der Waals surface area contributed by atoms with Crippen LogP contribution in [0.15, 0.2) is 6.20 Å². The molecule has 0 amide bonds. The predicted octanol–water partition coefficient (Wildman–Crippen LogP) is 1.63. The van der Waals surface area contributed by atoms with Crippen molar-refractivity contribution in [2.75, 3.05) is 11.9 Å². The van der Waals surface area contributed by atoms with Gasteiger partial charge in [0, 0.05) is 6.04 Å². The van der Waals surface area contributed by atoms with Gasteiger partial charge in [0.05, 0.1) is 17.6 Å². The van der Waals surface area contributed by atoms with Crippen molar-refractivity contribution in [3.05, 3.63) is 17.6 Å². The molecule has 1 aromatic rings. The van der Waals surface area contributed by atoms with Crippen LogP contribution in [0.5, 0.6) is 0 Å². The lowest BCUT2D eigenvalue weighted by molar-refractivity contribution is 0.660. The molecule has 0 aliphatic carbocycles. The number of nitrogens with zero attached hydrogens (tertiary/aromatic N) is 2. The lowest BCUT2D eigenvalue weighted by Crippen LogP contribution is -2.18. The van der Waals surface area contributed by atoms with Gasteiger partial charge in [0.2, 0.25) is 0 Å². The Kier molecular flexibility index (Phi) is 4.49. The van der Waals surface area contributed by atoms with Crippen molar-refractivity contribution in [1.82, 2.24) is 9.97 Å².